The molecule has 11 aromatic carbocycles. The molecule has 0 radical (unpaired) electrons. The van der Waals surface area contributed by atoms with E-state index in [2.05, 4.69) is 223 Å². The molecule has 0 aliphatic heterocycles. The van der Waals surface area contributed by atoms with Gasteiger partial charge in [-0.1, -0.05) is 182 Å². The monoisotopic (exact) mass is 906 g/mol. The average Bonchev–Trinajstić information content (AvgIpc) is 3.90. The van der Waals surface area contributed by atoms with Gasteiger partial charge in [0.25, 0.3) is 0 Å². The maximum Gasteiger partial charge on any atom is 0.164 e. The van der Waals surface area contributed by atoms with Crippen LogP contribution in [0, 0.1) is 0 Å². The molecule has 332 valence electrons. The van der Waals surface area contributed by atoms with Crippen LogP contribution < -0.4 is 0 Å². The smallest absolute Gasteiger partial charge is 0.164 e. The third kappa shape index (κ3) is 6.29. The predicted octanol–water partition coefficient (Wildman–Crippen LogP) is 17.1. The lowest BCUT2D eigenvalue weighted by molar-refractivity contribution is 0.669. The van der Waals surface area contributed by atoms with Gasteiger partial charge in [0, 0.05) is 38.8 Å². The molecule has 14 aromatic rings. The van der Waals surface area contributed by atoms with E-state index >= 15 is 0 Å². The van der Waals surface area contributed by atoms with Crippen molar-refractivity contribution in [3.8, 4) is 51.0 Å². The average molecular weight is 907 g/mol. The van der Waals surface area contributed by atoms with Gasteiger partial charge in [-0.2, -0.15) is 0 Å². The van der Waals surface area contributed by atoms with Crippen molar-refractivity contribution in [2.75, 3.05) is 0 Å². The fraction of sp³-hybridized carbons (Fsp3) is 0.0455. The number of nitrogens with zero attached hydrogens (tertiary/aromatic N) is 4. The van der Waals surface area contributed by atoms with Gasteiger partial charge in [0.1, 0.15) is 11.2 Å². The molecule has 71 heavy (non-hydrogen) atoms. The number of hydrogen-bond donors (Lipinski definition) is 0. The Hall–Kier alpha value is -9.19. The summed E-state index contributed by atoms with van der Waals surface area (Å²) in [6.07, 6.45) is 1.91. The Kier molecular flexibility index (Phi) is 8.78. The Morgan fingerprint density at radius 2 is 0.944 bits per heavy atom. The van der Waals surface area contributed by atoms with Crippen molar-refractivity contribution < 1.29 is 4.42 Å². The number of furan rings is 1. The first-order valence-corrected chi connectivity index (χ1v) is 24.5. The molecule has 0 saturated heterocycles. The topological polar surface area (TPSA) is 56.7 Å². The summed E-state index contributed by atoms with van der Waals surface area (Å²) < 4.78 is 9.35. The quantitative estimate of drug-likeness (QED) is 0.173. The molecule has 0 amide bonds. The zero-order chi connectivity index (χ0) is 46.6. The Bertz CT molecular complexity index is 4390. The molecule has 0 bridgehead atoms. The Labute approximate surface area is 409 Å². The largest absolute Gasteiger partial charge is 0.456 e. The van der Waals surface area contributed by atoms with E-state index in [9.17, 15) is 0 Å². The summed E-state index contributed by atoms with van der Waals surface area (Å²) in [6.45, 7) is 0. The van der Waals surface area contributed by atoms with Crippen LogP contribution in [0.1, 0.15) is 29.0 Å². The summed E-state index contributed by atoms with van der Waals surface area (Å²) in [5.74, 6) is 1.93. The molecule has 3 aromatic heterocycles. The number of benzene rings is 11. The lowest BCUT2D eigenvalue weighted by Gasteiger charge is -2.22. The Balaban J connectivity index is 1.05. The van der Waals surface area contributed by atoms with Gasteiger partial charge in [0.2, 0.25) is 0 Å². The van der Waals surface area contributed by atoms with Crippen molar-refractivity contribution in [1.82, 2.24) is 19.5 Å². The number of aryl methyl sites for hydroxylation is 1. The fourth-order valence-electron chi connectivity index (χ4n) is 11.8. The van der Waals surface area contributed by atoms with Crippen molar-refractivity contribution in [2.45, 2.75) is 18.8 Å². The number of hydrogen-bond acceptors (Lipinski definition) is 4. The summed E-state index contributed by atoms with van der Waals surface area (Å²) in [6, 6.07) is 80.9. The van der Waals surface area contributed by atoms with Crippen molar-refractivity contribution in [2.24, 2.45) is 0 Å². The van der Waals surface area contributed by atoms with E-state index in [0.717, 1.165) is 79.0 Å². The summed E-state index contributed by atoms with van der Waals surface area (Å²) >= 11 is 0. The van der Waals surface area contributed by atoms with Crippen LogP contribution in [0.2, 0.25) is 0 Å². The van der Waals surface area contributed by atoms with Gasteiger partial charge in [-0.05, 0) is 115 Å². The number of para-hydroxylation sites is 1. The molecule has 0 fully saturated rings. The second kappa shape index (κ2) is 15.7. The lowest BCUT2D eigenvalue weighted by Crippen LogP contribution is -2.07. The van der Waals surface area contributed by atoms with Gasteiger partial charge in [0.15, 0.2) is 17.5 Å². The maximum absolute atomic E-state index is 6.91. The van der Waals surface area contributed by atoms with E-state index in [4.69, 9.17) is 19.4 Å². The molecule has 0 saturated carbocycles. The molecule has 15 rings (SSSR count). The van der Waals surface area contributed by atoms with E-state index < -0.39 is 0 Å². The lowest BCUT2D eigenvalue weighted by atomic mass is 9.82. The number of fused-ring (bicyclic) bond motifs is 12. The molecule has 0 N–H and O–H groups in total. The van der Waals surface area contributed by atoms with Crippen LogP contribution in [0.25, 0.3) is 127 Å². The molecule has 0 unspecified atom stereocenters. The van der Waals surface area contributed by atoms with Crippen molar-refractivity contribution in [3.05, 3.63) is 241 Å². The summed E-state index contributed by atoms with van der Waals surface area (Å²) in [5.41, 5.74) is 14.0. The first-order chi connectivity index (χ1) is 35.2. The molecule has 1 atom stereocenters. The zero-order valence-electron chi connectivity index (χ0n) is 38.6. The Morgan fingerprint density at radius 3 is 1.70 bits per heavy atom. The van der Waals surface area contributed by atoms with Crippen LogP contribution in [-0.4, -0.2) is 19.5 Å². The SMILES string of the molecule is c1ccc([C@H]2CCc3ccccc3-c3cccc(-c4nc(-c5cc(-n6c7cc8ccccc8cc7c7cc8ccccc8cc76)c6c(c5)oc5ccccc56)nc(-c5cccc6ccccc56)n4)c32)cc1. The van der Waals surface area contributed by atoms with Crippen molar-refractivity contribution in [1.29, 1.82) is 0 Å². The van der Waals surface area contributed by atoms with Gasteiger partial charge in [-0.3, -0.25) is 0 Å². The highest BCUT2D eigenvalue weighted by Crippen LogP contribution is 2.47. The zero-order valence-corrected chi connectivity index (χ0v) is 38.6. The van der Waals surface area contributed by atoms with Crippen LogP contribution in [-0.2, 0) is 6.42 Å². The molecule has 1 aliphatic carbocycles. The van der Waals surface area contributed by atoms with Crippen LogP contribution in [0.5, 0.6) is 0 Å². The Morgan fingerprint density at radius 1 is 0.394 bits per heavy atom. The molecule has 1 aliphatic rings. The second-order valence-corrected chi connectivity index (χ2v) is 19.0. The maximum atomic E-state index is 6.91. The van der Waals surface area contributed by atoms with E-state index in [1.54, 1.807) is 0 Å². The molecular weight excluding hydrogens is 865 g/mol. The minimum absolute atomic E-state index is 0.108. The summed E-state index contributed by atoms with van der Waals surface area (Å²) in [5, 5.41) is 11.4. The number of aromatic nitrogens is 4. The van der Waals surface area contributed by atoms with E-state index in [1.165, 1.54) is 60.1 Å². The molecule has 3 heterocycles. The van der Waals surface area contributed by atoms with Gasteiger partial charge in [-0.25, -0.2) is 15.0 Å². The van der Waals surface area contributed by atoms with Crippen molar-refractivity contribution in [3.63, 3.8) is 0 Å². The molecule has 5 heteroatoms. The first-order valence-electron chi connectivity index (χ1n) is 24.5. The summed E-state index contributed by atoms with van der Waals surface area (Å²) in [4.78, 5) is 16.7. The van der Waals surface area contributed by atoms with Crippen LogP contribution in [0.3, 0.4) is 0 Å². The summed E-state index contributed by atoms with van der Waals surface area (Å²) in [7, 11) is 0. The third-order valence-electron chi connectivity index (χ3n) is 15.0. The van der Waals surface area contributed by atoms with Crippen LogP contribution >= 0.6 is 0 Å². The van der Waals surface area contributed by atoms with Gasteiger partial charge >= 0.3 is 0 Å². The highest BCUT2D eigenvalue weighted by atomic mass is 16.3. The van der Waals surface area contributed by atoms with Crippen molar-refractivity contribution >= 4 is 76.1 Å². The third-order valence-corrected chi connectivity index (χ3v) is 15.0. The first kappa shape index (κ1) is 39.8. The highest BCUT2D eigenvalue weighted by Gasteiger charge is 2.29. The normalized spacial score (nSPS) is 13.7. The highest BCUT2D eigenvalue weighted by molar-refractivity contribution is 6.19. The van der Waals surface area contributed by atoms with E-state index in [-0.39, 0.29) is 5.92 Å². The van der Waals surface area contributed by atoms with Gasteiger partial charge in [0.05, 0.1) is 22.1 Å². The molecule has 0 spiro atoms. The molecule has 5 nitrogen and oxygen atoms in total. The van der Waals surface area contributed by atoms with Crippen LogP contribution in [0.15, 0.2) is 229 Å². The minimum atomic E-state index is 0.108. The standard InChI is InChI=1S/C66H42N4O/c1-2-16-41(17-3-1)50-33-32-42-19-9-10-25-48(42)51-28-15-30-54(62(50)51)66-68-64(67-65(69-66)52-29-14-24-40-18-8-11-26-49(40)52)47-38-59(63-53-27-12-13-31-60(53)71-61(63)39-47)70-57-36-45-22-6-4-20-43(45)34-55(57)56-35-44-21-5-7-23-46(44)37-58(56)70/h1-31,34-39,50H,32-33H2/t50-/m1/s1. The van der Waals surface area contributed by atoms with Crippen LogP contribution in [0.4, 0.5) is 0 Å². The minimum Gasteiger partial charge on any atom is -0.456 e. The molecular formula is C66H42N4O. The number of rotatable bonds is 5. The van der Waals surface area contributed by atoms with E-state index in [1.807, 2.05) is 6.07 Å². The predicted molar refractivity (Wildman–Crippen MR) is 292 cm³/mol. The van der Waals surface area contributed by atoms with Gasteiger partial charge in [-0.15, -0.1) is 0 Å². The van der Waals surface area contributed by atoms with Gasteiger partial charge < -0.3 is 8.98 Å². The second-order valence-electron chi connectivity index (χ2n) is 19.0. The fourth-order valence-corrected chi connectivity index (χ4v) is 11.8. The van der Waals surface area contributed by atoms with E-state index in [0.29, 0.717) is 17.5 Å².